The molecule has 0 spiro atoms. The molecule has 1 aliphatic carbocycles. The van der Waals surface area contributed by atoms with Gasteiger partial charge in [0.25, 0.3) is 0 Å². The number of hydrogen-bond acceptors (Lipinski definition) is 7. The number of fused-ring (bicyclic) bond motifs is 1. The molecule has 8 nitrogen and oxygen atoms in total. The number of anilines is 3. The van der Waals surface area contributed by atoms with Gasteiger partial charge in [-0.05, 0) is 18.2 Å². The van der Waals surface area contributed by atoms with E-state index in [1.165, 1.54) is 25.3 Å². The highest BCUT2D eigenvalue weighted by Crippen LogP contribution is 2.32. The number of ether oxygens (including phenoxy) is 1. The average molecular weight is 407 g/mol. The predicted octanol–water partition coefficient (Wildman–Crippen LogP) is 2.40. The van der Waals surface area contributed by atoms with Crippen LogP contribution in [-0.4, -0.2) is 35.3 Å². The monoisotopic (exact) mass is 407 g/mol. The van der Waals surface area contributed by atoms with Crippen LogP contribution in [0.15, 0.2) is 60.0 Å². The Morgan fingerprint density at radius 1 is 1.30 bits per heavy atom. The largest absolute Gasteiger partial charge is 0.493 e. The Labute approximate surface area is 171 Å². The zero-order valence-electron chi connectivity index (χ0n) is 16.0. The number of nitrogens with one attached hydrogen (secondary N) is 3. The van der Waals surface area contributed by atoms with Crippen molar-refractivity contribution in [3.63, 3.8) is 0 Å². The quantitative estimate of drug-likeness (QED) is 0.654. The molecular weight excluding hydrogens is 389 g/mol. The van der Waals surface area contributed by atoms with Crippen molar-refractivity contribution < 1.29 is 18.7 Å². The molecule has 0 radical (unpaired) electrons. The fraction of sp³-hybridized carbons (Fsp3) is 0.143. The van der Waals surface area contributed by atoms with Gasteiger partial charge in [-0.3, -0.25) is 9.59 Å². The topological polar surface area (TPSA) is 105 Å². The van der Waals surface area contributed by atoms with Crippen molar-refractivity contribution in [1.29, 1.82) is 0 Å². The maximum atomic E-state index is 14.3. The zero-order valence-corrected chi connectivity index (χ0v) is 16.0. The van der Waals surface area contributed by atoms with Crippen molar-refractivity contribution in [2.75, 3.05) is 24.3 Å². The van der Waals surface area contributed by atoms with Crippen molar-refractivity contribution in [3.05, 3.63) is 71.4 Å². The Morgan fingerprint density at radius 2 is 2.17 bits per heavy atom. The Morgan fingerprint density at radius 3 is 3.00 bits per heavy atom. The van der Waals surface area contributed by atoms with Gasteiger partial charge in [0.15, 0.2) is 11.6 Å². The number of nitrogens with zero attached hydrogens (tertiary/aromatic N) is 2. The second kappa shape index (κ2) is 8.16. The van der Waals surface area contributed by atoms with E-state index in [0.29, 0.717) is 6.61 Å². The van der Waals surface area contributed by atoms with Crippen LogP contribution >= 0.6 is 0 Å². The summed E-state index contributed by atoms with van der Waals surface area (Å²) in [5.41, 5.74) is 2.03. The van der Waals surface area contributed by atoms with Crippen LogP contribution in [0, 0.1) is 5.82 Å². The maximum Gasteiger partial charge on any atom is 0.244 e. The first kappa shape index (κ1) is 19.3. The minimum absolute atomic E-state index is 0.0882. The molecule has 1 aromatic carbocycles. The van der Waals surface area contributed by atoms with E-state index in [0.717, 1.165) is 29.6 Å². The van der Waals surface area contributed by atoms with E-state index in [9.17, 15) is 14.0 Å². The predicted molar refractivity (Wildman–Crippen MR) is 109 cm³/mol. The number of amides is 1. The Kier molecular flexibility index (Phi) is 5.25. The fourth-order valence-electron chi connectivity index (χ4n) is 3.08. The molecule has 2 aliphatic rings. The smallest absolute Gasteiger partial charge is 0.244 e. The summed E-state index contributed by atoms with van der Waals surface area (Å²) in [6, 6.07) is 5.58. The number of ketones is 1. The minimum Gasteiger partial charge on any atom is -0.493 e. The van der Waals surface area contributed by atoms with Gasteiger partial charge in [-0.2, -0.15) is 4.98 Å². The van der Waals surface area contributed by atoms with Crippen LogP contribution in [0.25, 0.3) is 0 Å². The van der Waals surface area contributed by atoms with Crippen molar-refractivity contribution in [1.82, 2.24) is 15.3 Å². The molecule has 0 fully saturated rings. The number of benzene rings is 1. The third-order valence-electron chi connectivity index (χ3n) is 4.56. The summed E-state index contributed by atoms with van der Waals surface area (Å²) >= 11 is 0. The molecule has 3 N–H and O–H groups in total. The minimum atomic E-state index is -0.720. The Balaban J connectivity index is 1.56. The highest BCUT2D eigenvalue weighted by molar-refractivity contribution is 6.15. The fourth-order valence-corrected chi connectivity index (χ4v) is 3.08. The summed E-state index contributed by atoms with van der Waals surface area (Å²) in [6.07, 6.45) is 7.52. The number of rotatable bonds is 5. The van der Waals surface area contributed by atoms with Gasteiger partial charge in [0.2, 0.25) is 17.6 Å². The summed E-state index contributed by atoms with van der Waals surface area (Å²) in [6.45, 7) is 0.598. The second-order valence-corrected chi connectivity index (χ2v) is 6.50. The standard InChI is InChI=1S/C21H18FN5O3/c1-23-18(28)10-12-4-2-6-16(19(12)29)25-20-14(22)11-24-21(27-20)26-15-5-3-7-17-13(15)8-9-30-17/h2-7,10-11H,8-9H2,1H3,(H,23,28)(H2,24,25,26,27). The SMILES string of the molecule is CNC(=O)C=C1C=CC=C(Nc2nc(Nc3cccc4c3CCO4)ncc2F)C1=O. The van der Waals surface area contributed by atoms with Crippen molar-refractivity contribution in [2.45, 2.75) is 6.42 Å². The molecule has 152 valence electrons. The number of hydrogen-bond donors (Lipinski definition) is 3. The highest BCUT2D eigenvalue weighted by Gasteiger charge is 2.20. The third kappa shape index (κ3) is 3.90. The first-order valence-corrected chi connectivity index (χ1v) is 9.23. The molecule has 4 rings (SSSR count). The first-order valence-electron chi connectivity index (χ1n) is 9.23. The number of halogens is 1. The van der Waals surface area contributed by atoms with Crippen LogP contribution in [0.5, 0.6) is 5.75 Å². The summed E-state index contributed by atoms with van der Waals surface area (Å²) < 4.78 is 19.8. The summed E-state index contributed by atoms with van der Waals surface area (Å²) in [5, 5.41) is 8.18. The molecule has 0 atom stereocenters. The van der Waals surface area contributed by atoms with Gasteiger partial charge >= 0.3 is 0 Å². The molecule has 9 heteroatoms. The third-order valence-corrected chi connectivity index (χ3v) is 4.56. The number of carbonyl (C=O) groups excluding carboxylic acids is 2. The van der Waals surface area contributed by atoms with Crippen molar-refractivity contribution >= 4 is 29.1 Å². The molecule has 1 aliphatic heterocycles. The molecule has 0 unspecified atom stereocenters. The maximum absolute atomic E-state index is 14.3. The van der Waals surface area contributed by atoms with Crippen LogP contribution in [0.4, 0.5) is 21.8 Å². The lowest BCUT2D eigenvalue weighted by atomic mass is 10.0. The first-order chi connectivity index (χ1) is 14.5. The van der Waals surface area contributed by atoms with E-state index in [1.807, 2.05) is 18.2 Å². The van der Waals surface area contributed by atoms with Gasteiger partial charge in [-0.1, -0.05) is 18.2 Å². The van der Waals surface area contributed by atoms with E-state index in [4.69, 9.17) is 4.74 Å². The highest BCUT2D eigenvalue weighted by atomic mass is 19.1. The number of carbonyl (C=O) groups is 2. The lowest BCUT2D eigenvalue weighted by molar-refractivity contribution is -0.117. The van der Waals surface area contributed by atoms with E-state index >= 15 is 0 Å². The van der Waals surface area contributed by atoms with E-state index in [2.05, 4.69) is 25.9 Å². The molecule has 0 bridgehead atoms. The summed E-state index contributed by atoms with van der Waals surface area (Å²) in [4.78, 5) is 32.2. The van der Waals surface area contributed by atoms with Gasteiger partial charge in [0.1, 0.15) is 5.75 Å². The summed E-state index contributed by atoms with van der Waals surface area (Å²) in [5.74, 6) is -0.789. The van der Waals surface area contributed by atoms with Gasteiger partial charge in [0.05, 0.1) is 18.5 Å². The lowest BCUT2D eigenvalue weighted by Crippen LogP contribution is -2.20. The summed E-state index contributed by atoms with van der Waals surface area (Å²) in [7, 11) is 1.46. The molecular formula is C21H18FN5O3. The van der Waals surface area contributed by atoms with Gasteiger partial charge in [-0.25, -0.2) is 9.37 Å². The lowest BCUT2D eigenvalue weighted by Gasteiger charge is -2.14. The number of Topliss-reactive ketones (excluding diaryl/α,β-unsaturated/α-hetero) is 1. The van der Waals surface area contributed by atoms with Crippen LogP contribution in [-0.2, 0) is 16.0 Å². The molecule has 30 heavy (non-hydrogen) atoms. The van der Waals surface area contributed by atoms with Crippen LogP contribution < -0.4 is 20.7 Å². The number of allylic oxidation sites excluding steroid dienone is 4. The van der Waals surface area contributed by atoms with Crippen molar-refractivity contribution in [3.8, 4) is 5.75 Å². The molecule has 0 saturated carbocycles. The molecule has 1 amide bonds. The Bertz CT molecular complexity index is 1120. The molecule has 0 saturated heterocycles. The van der Waals surface area contributed by atoms with Crippen molar-refractivity contribution in [2.24, 2.45) is 0 Å². The van der Waals surface area contributed by atoms with E-state index in [1.54, 1.807) is 6.08 Å². The normalized spacial score (nSPS) is 16.0. The van der Waals surface area contributed by atoms with Gasteiger partial charge in [-0.15, -0.1) is 0 Å². The van der Waals surface area contributed by atoms with E-state index < -0.39 is 17.5 Å². The zero-order chi connectivity index (χ0) is 21.1. The van der Waals surface area contributed by atoms with Crippen LogP contribution in [0.2, 0.25) is 0 Å². The van der Waals surface area contributed by atoms with Gasteiger partial charge in [0, 0.05) is 36.4 Å². The number of aromatic nitrogens is 2. The number of likely N-dealkylation sites (N-methyl/N-ethyl adjacent to an activating group) is 1. The second-order valence-electron chi connectivity index (χ2n) is 6.50. The molecule has 2 heterocycles. The average Bonchev–Trinajstić information content (AvgIpc) is 3.23. The molecule has 1 aromatic heterocycles. The van der Waals surface area contributed by atoms with Crippen LogP contribution in [0.3, 0.4) is 0 Å². The van der Waals surface area contributed by atoms with Gasteiger partial charge < -0.3 is 20.7 Å². The van der Waals surface area contributed by atoms with E-state index in [-0.39, 0.29) is 23.0 Å². The van der Waals surface area contributed by atoms with Crippen LogP contribution in [0.1, 0.15) is 5.56 Å². The molecule has 2 aromatic rings. The Hall–Kier alpha value is -4.01.